The van der Waals surface area contributed by atoms with Crippen molar-refractivity contribution in [1.29, 1.82) is 5.41 Å². The standard InChI is InChI=1S/C16H24ClFN2/c1-10(2)14-8-13(9-15(17)16(14)18)7-5-6-11(3)20-12(4)19/h8-11H,5-7H2,1-4H3,(H2,19,20)/t11-/m0/s1. The van der Waals surface area contributed by atoms with Crippen molar-refractivity contribution in [1.82, 2.24) is 5.32 Å². The lowest BCUT2D eigenvalue weighted by Crippen LogP contribution is -2.29. The van der Waals surface area contributed by atoms with Gasteiger partial charge in [0.1, 0.15) is 5.82 Å². The molecule has 0 aliphatic rings. The van der Waals surface area contributed by atoms with E-state index in [2.05, 4.69) is 12.2 Å². The number of nitrogens with one attached hydrogen (secondary N) is 2. The topological polar surface area (TPSA) is 35.9 Å². The maximum Gasteiger partial charge on any atom is 0.145 e. The van der Waals surface area contributed by atoms with E-state index in [9.17, 15) is 4.39 Å². The Kier molecular flexibility index (Phi) is 6.47. The number of aryl methyl sites for hydroxylation is 1. The van der Waals surface area contributed by atoms with Crippen molar-refractivity contribution < 1.29 is 4.39 Å². The fourth-order valence-electron chi connectivity index (χ4n) is 2.29. The Morgan fingerprint density at radius 3 is 2.55 bits per heavy atom. The van der Waals surface area contributed by atoms with Crippen LogP contribution in [0.15, 0.2) is 12.1 Å². The zero-order valence-corrected chi connectivity index (χ0v) is 13.4. The zero-order valence-electron chi connectivity index (χ0n) is 12.7. The molecule has 0 unspecified atom stereocenters. The second-order valence-corrected chi connectivity index (χ2v) is 6.11. The molecule has 0 aliphatic heterocycles. The highest BCUT2D eigenvalue weighted by Crippen LogP contribution is 2.27. The van der Waals surface area contributed by atoms with Crippen molar-refractivity contribution in [2.24, 2.45) is 0 Å². The molecule has 1 aromatic rings. The number of hydrogen-bond donors (Lipinski definition) is 2. The fourth-order valence-corrected chi connectivity index (χ4v) is 2.54. The van der Waals surface area contributed by atoms with Crippen molar-refractivity contribution in [2.75, 3.05) is 0 Å². The van der Waals surface area contributed by atoms with Gasteiger partial charge in [0.05, 0.1) is 10.9 Å². The van der Waals surface area contributed by atoms with Crippen LogP contribution in [0, 0.1) is 11.2 Å². The molecule has 1 atom stereocenters. The third-order valence-electron chi connectivity index (χ3n) is 3.30. The van der Waals surface area contributed by atoms with Gasteiger partial charge in [0.2, 0.25) is 0 Å². The van der Waals surface area contributed by atoms with Gasteiger partial charge in [-0.05, 0) is 56.2 Å². The number of rotatable bonds is 6. The van der Waals surface area contributed by atoms with Crippen LogP contribution < -0.4 is 5.32 Å². The monoisotopic (exact) mass is 298 g/mol. The lowest BCUT2D eigenvalue weighted by molar-refractivity contribution is 0.571. The van der Waals surface area contributed by atoms with Crippen LogP contribution in [0.5, 0.6) is 0 Å². The Balaban J connectivity index is 2.63. The van der Waals surface area contributed by atoms with Gasteiger partial charge in [0.15, 0.2) is 0 Å². The van der Waals surface area contributed by atoms with Crippen LogP contribution in [0.3, 0.4) is 0 Å². The third-order valence-corrected chi connectivity index (χ3v) is 3.58. The van der Waals surface area contributed by atoms with E-state index in [0.29, 0.717) is 11.4 Å². The van der Waals surface area contributed by atoms with E-state index >= 15 is 0 Å². The number of amidine groups is 1. The minimum absolute atomic E-state index is 0.133. The summed E-state index contributed by atoms with van der Waals surface area (Å²) in [7, 11) is 0. The van der Waals surface area contributed by atoms with Crippen LogP contribution in [-0.2, 0) is 6.42 Å². The first-order valence-corrected chi connectivity index (χ1v) is 7.48. The first-order chi connectivity index (χ1) is 9.31. The Morgan fingerprint density at radius 1 is 1.35 bits per heavy atom. The molecule has 2 nitrogen and oxygen atoms in total. The van der Waals surface area contributed by atoms with Gasteiger partial charge in [-0.3, -0.25) is 5.41 Å². The summed E-state index contributed by atoms with van der Waals surface area (Å²) in [5.41, 5.74) is 1.77. The van der Waals surface area contributed by atoms with E-state index in [1.54, 1.807) is 13.0 Å². The molecule has 1 rings (SSSR count). The second-order valence-electron chi connectivity index (χ2n) is 5.70. The molecule has 0 heterocycles. The molecule has 20 heavy (non-hydrogen) atoms. The molecule has 0 spiro atoms. The third kappa shape index (κ3) is 5.12. The molecule has 0 saturated heterocycles. The minimum Gasteiger partial charge on any atom is -0.372 e. The van der Waals surface area contributed by atoms with Gasteiger partial charge in [0, 0.05) is 6.04 Å². The second kappa shape index (κ2) is 7.63. The van der Waals surface area contributed by atoms with Crippen molar-refractivity contribution in [3.63, 3.8) is 0 Å². The number of benzene rings is 1. The number of halogens is 2. The molecule has 4 heteroatoms. The summed E-state index contributed by atoms with van der Waals surface area (Å²) < 4.78 is 13.9. The molecule has 0 aliphatic carbocycles. The summed E-state index contributed by atoms with van der Waals surface area (Å²) in [5, 5.41) is 10.7. The number of hydrogen-bond acceptors (Lipinski definition) is 1. The van der Waals surface area contributed by atoms with Gasteiger partial charge in [-0.25, -0.2) is 4.39 Å². The quantitative estimate of drug-likeness (QED) is 0.568. The first kappa shape index (κ1) is 17.0. The molecular formula is C16H24ClFN2. The van der Waals surface area contributed by atoms with Gasteiger partial charge in [-0.1, -0.05) is 31.5 Å². The van der Waals surface area contributed by atoms with Gasteiger partial charge in [-0.2, -0.15) is 0 Å². The Bertz CT molecular complexity index is 472. The van der Waals surface area contributed by atoms with Gasteiger partial charge in [-0.15, -0.1) is 0 Å². The van der Waals surface area contributed by atoms with E-state index in [1.807, 2.05) is 19.9 Å². The van der Waals surface area contributed by atoms with Crippen molar-refractivity contribution in [2.45, 2.75) is 58.9 Å². The molecule has 1 aromatic carbocycles. The van der Waals surface area contributed by atoms with Gasteiger partial charge < -0.3 is 5.32 Å². The van der Waals surface area contributed by atoms with E-state index in [1.165, 1.54) is 0 Å². The van der Waals surface area contributed by atoms with E-state index in [4.69, 9.17) is 17.0 Å². The minimum atomic E-state index is -0.292. The van der Waals surface area contributed by atoms with Crippen LogP contribution >= 0.6 is 11.6 Å². The van der Waals surface area contributed by atoms with Gasteiger partial charge in [0.25, 0.3) is 0 Å². The Morgan fingerprint density at radius 2 is 2.00 bits per heavy atom. The van der Waals surface area contributed by atoms with Crippen LogP contribution in [0.1, 0.15) is 57.6 Å². The maximum atomic E-state index is 13.9. The highest BCUT2D eigenvalue weighted by Gasteiger charge is 2.12. The summed E-state index contributed by atoms with van der Waals surface area (Å²) in [5.74, 6) is 0.331. The Hall–Kier alpha value is -1.09. The molecule has 0 aromatic heterocycles. The lowest BCUT2D eigenvalue weighted by atomic mass is 9.97. The average Bonchev–Trinajstić information content (AvgIpc) is 2.32. The average molecular weight is 299 g/mol. The van der Waals surface area contributed by atoms with E-state index < -0.39 is 0 Å². The van der Waals surface area contributed by atoms with Crippen molar-refractivity contribution in [3.05, 3.63) is 34.1 Å². The van der Waals surface area contributed by atoms with E-state index in [0.717, 1.165) is 24.8 Å². The molecule has 112 valence electrons. The normalized spacial score (nSPS) is 12.6. The molecule has 2 N–H and O–H groups in total. The lowest BCUT2D eigenvalue weighted by Gasteiger charge is -2.15. The summed E-state index contributed by atoms with van der Waals surface area (Å²) in [6.07, 6.45) is 2.84. The van der Waals surface area contributed by atoms with Crippen LogP contribution in [-0.4, -0.2) is 11.9 Å². The highest BCUT2D eigenvalue weighted by molar-refractivity contribution is 6.30. The van der Waals surface area contributed by atoms with Crippen LogP contribution in [0.4, 0.5) is 4.39 Å². The van der Waals surface area contributed by atoms with Crippen LogP contribution in [0.25, 0.3) is 0 Å². The molecule has 0 fully saturated rings. The van der Waals surface area contributed by atoms with Crippen molar-refractivity contribution in [3.8, 4) is 0 Å². The summed E-state index contributed by atoms with van der Waals surface area (Å²) in [4.78, 5) is 0. The van der Waals surface area contributed by atoms with Gasteiger partial charge >= 0.3 is 0 Å². The van der Waals surface area contributed by atoms with E-state index in [-0.39, 0.29) is 22.8 Å². The highest BCUT2D eigenvalue weighted by atomic mass is 35.5. The van der Waals surface area contributed by atoms with Crippen LogP contribution in [0.2, 0.25) is 5.02 Å². The summed E-state index contributed by atoms with van der Waals surface area (Å²) in [6.45, 7) is 7.75. The zero-order chi connectivity index (χ0) is 15.3. The maximum absolute atomic E-state index is 13.9. The fraction of sp³-hybridized carbons (Fsp3) is 0.562. The smallest absolute Gasteiger partial charge is 0.145 e. The molecule has 0 saturated carbocycles. The molecular weight excluding hydrogens is 275 g/mol. The molecule has 0 bridgehead atoms. The predicted octanol–water partition coefficient (Wildman–Crippen LogP) is 4.90. The predicted molar refractivity (Wildman–Crippen MR) is 84.4 cm³/mol. The first-order valence-electron chi connectivity index (χ1n) is 7.10. The Labute approximate surface area is 126 Å². The largest absolute Gasteiger partial charge is 0.372 e. The molecule has 0 amide bonds. The summed E-state index contributed by atoms with van der Waals surface area (Å²) in [6, 6.07) is 3.93. The van der Waals surface area contributed by atoms with Crippen molar-refractivity contribution >= 4 is 17.4 Å². The SMILES string of the molecule is CC(=N)N[C@@H](C)CCCc1cc(Cl)c(F)c(C(C)C)c1. The molecule has 0 radical (unpaired) electrons. The summed E-state index contributed by atoms with van der Waals surface area (Å²) >= 11 is 5.96.